The third-order valence-corrected chi connectivity index (χ3v) is 8.17. The molecule has 1 saturated heterocycles. The molecule has 1 spiro atoms. The highest BCUT2D eigenvalue weighted by Crippen LogP contribution is 2.67. The van der Waals surface area contributed by atoms with E-state index >= 15 is 0 Å². The maximum atomic E-state index is 12.0. The summed E-state index contributed by atoms with van der Waals surface area (Å²) < 4.78 is 5.99. The van der Waals surface area contributed by atoms with Gasteiger partial charge < -0.3 is 9.84 Å². The van der Waals surface area contributed by atoms with Crippen LogP contribution in [-0.4, -0.2) is 28.7 Å². The van der Waals surface area contributed by atoms with Crippen LogP contribution in [0.1, 0.15) is 58.3 Å². The normalized spacial score (nSPS) is 61.5. The van der Waals surface area contributed by atoms with Crippen molar-refractivity contribution < 1.29 is 14.6 Å². The van der Waals surface area contributed by atoms with Gasteiger partial charge in [-0.25, -0.2) is 0 Å². The van der Waals surface area contributed by atoms with Crippen LogP contribution in [0, 0.1) is 29.1 Å². The van der Waals surface area contributed by atoms with Crippen LogP contribution in [0.15, 0.2) is 0 Å². The fraction of sp³-hybridized carbons (Fsp3) is 0.944. The van der Waals surface area contributed by atoms with E-state index in [1.54, 1.807) is 0 Å². The quantitative estimate of drug-likeness (QED) is 0.698. The van der Waals surface area contributed by atoms with Crippen LogP contribution >= 0.6 is 0 Å². The Bertz CT molecular complexity index is 503. The number of carbonyl (C=O) groups excluding carboxylic acids is 1. The number of rotatable bonds is 0. The van der Waals surface area contributed by atoms with Crippen molar-refractivity contribution in [3.05, 3.63) is 0 Å². The summed E-state index contributed by atoms with van der Waals surface area (Å²) in [6.07, 6.45) is 8.61. The van der Waals surface area contributed by atoms with Gasteiger partial charge in [-0.15, -0.1) is 0 Å². The molecule has 3 heteroatoms. The smallest absolute Gasteiger partial charge is 0.164 e. The summed E-state index contributed by atoms with van der Waals surface area (Å²) >= 11 is 0. The minimum atomic E-state index is -0.0859. The number of aliphatic hydroxyl groups excluding tert-OH is 1. The van der Waals surface area contributed by atoms with Crippen LogP contribution in [0.2, 0.25) is 0 Å². The first kappa shape index (κ1) is 13.1. The van der Waals surface area contributed by atoms with Crippen LogP contribution in [0.25, 0.3) is 0 Å². The fourth-order valence-corrected chi connectivity index (χ4v) is 7.03. The minimum Gasteiger partial charge on any atom is -0.393 e. The average Bonchev–Trinajstić information content (AvgIpc) is 3.13. The van der Waals surface area contributed by atoms with Crippen LogP contribution in [0.4, 0.5) is 0 Å². The molecule has 0 unspecified atom stereocenters. The van der Waals surface area contributed by atoms with E-state index in [9.17, 15) is 9.90 Å². The number of Topliss-reactive ketones (excluding diaryl/α,β-unsaturated/α-hetero) is 1. The zero-order valence-electron chi connectivity index (χ0n) is 12.9. The highest BCUT2D eigenvalue weighted by molar-refractivity contribution is 5.88. The van der Waals surface area contributed by atoms with E-state index in [2.05, 4.69) is 6.92 Å². The number of ketones is 1. The number of epoxide rings is 1. The molecule has 116 valence electrons. The third-order valence-electron chi connectivity index (χ3n) is 8.17. The van der Waals surface area contributed by atoms with E-state index in [0.29, 0.717) is 17.6 Å². The molecule has 4 aliphatic carbocycles. The molecular formula is C18H26O3. The van der Waals surface area contributed by atoms with Crippen LogP contribution in [0.3, 0.4) is 0 Å². The molecule has 21 heavy (non-hydrogen) atoms. The first-order chi connectivity index (χ1) is 10.1. The number of carbonyl (C=O) groups is 1. The maximum absolute atomic E-state index is 12.0. The van der Waals surface area contributed by atoms with Gasteiger partial charge in [-0.2, -0.15) is 0 Å². The molecule has 0 bridgehead atoms. The summed E-state index contributed by atoms with van der Waals surface area (Å²) in [5, 5.41) is 10.4. The molecule has 1 aliphatic heterocycles. The van der Waals surface area contributed by atoms with Crippen molar-refractivity contribution in [2.75, 3.05) is 0 Å². The summed E-state index contributed by atoms with van der Waals surface area (Å²) in [6.45, 7) is 2.33. The van der Waals surface area contributed by atoms with Crippen LogP contribution in [-0.2, 0) is 9.53 Å². The van der Waals surface area contributed by atoms with E-state index in [1.165, 1.54) is 25.7 Å². The van der Waals surface area contributed by atoms with Gasteiger partial charge in [0.15, 0.2) is 5.78 Å². The number of hydrogen-bond acceptors (Lipinski definition) is 3. The van der Waals surface area contributed by atoms with Gasteiger partial charge in [0.05, 0.1) is 6.10 Å². The molecule has 0 aromatic rings. The predicted molar refractivity (Wildman–Crippen MR) is 77.6 cm³/mol. The number of ether oxygens (including phenoxy) is 1. The molecule has 0 aromatic heterocycles. The van der Waals surface area contributed by atoms with Crippen molar-refractivity contribution in [3.63, 3.8) is 0 Å². The Morgan fingerprint density at radius 3 is 2.67 bits per heavy atom. The molecule has 0 radical (unpaired) electrons. The molecule has 0 aromatic carbocycles. The average molecular weight is 290 g/mol. The number of fused-ring (bicyclic) bond motifs is 4. The monoisotopic (exact) mass is 290 g/mol. The summed E-state index contributed by atoms with van der Waals surface area (Å²) in [7, 11) is 0. The number of aliphatic hydroxyl groups is 1. The third kappa shape index (κ3) is 1.45. The maximum Gasteiger partial charge on any atom is 0.164 e. The van der Waals surface area contributed by atoms with E-state index < -0.39 is 0 Å². The van der Waals surface area contributed by atoms with Gasteiger partial charge in [0.1, 0.15) is 11.7 Å². The molecule has 5 aliphatic rings. The Kier molecular flexibility index (Phi) is 2.44. The van der Waals surface area contributed by atoms with Gasteiger partial charge in [-0.1, -0.05) is 6.92 Å². The Labute approximate surface area is 126 Å². The lowest BCUT2D eigenvalue weighted by molar-refractivity contribution is -0.123. The summed E-state index contributed by atoms with van der Waals surface area (Å²) in [5.41, 5.74) is 0.126. The van der Waals surface area contributed by atoms with Crippen molar-refractivity contribution in [3.8, 4) is 0 Å². The Morgan fingerprint density at radius 1 is 1.05 bits per heavy atom. The predicted octanol–water partition coefficient (Wildman–Crippen LogP) is 2.70. The van der Waals surface area contributed by atoms with E-state index in [0.717, 1.165) is 37.5 Å². The van der Waals surface area contributed by atoms with Gasteiger partial charge in [0, 0.05) is 6.42 Å². The van der Waals surface area contributed by atoms with Gasteiger partial charge in [-0.3, -0.25) is 4.79 Å². The van der Waals surface area contributed by atoms with E-state index in [-0.39, 0.29) is 23.2 Å². The highest BCUT2D eigenvalue weighted by atomic mass is 16.6. The molecule has 8 atom stereocenters. The lowest BCUT2D eigenvalue weighted by Gasteiger charge is -2.54. The second-order valence-corrected chi connectivity index (χ2v) is 8.67. The highest BCUT2D eigenvalue weighted by Gasteiger charge is 2.71. The Hall–Kier alpha value is -0.410. The van der Waals surface area contributed by atoms with Gasteiger partial charge in [0.25, 0.3) is 0 Å². The van der Waals surface area contributed by atoms with Gasteiger partial charge in [0.2, 0.25) is 0 Å². The van der Waals surface area contributed by atoms with Crippen molar-refractivity contribution in [1.29, 1.82) is 0 Å². The van der Waals surface area contributed by atoms with Crippen molar-refractivity contribution in [2.24, 2.45) is 29.1 Å². The largest absolute Gasteiger partial charge is 0.393 e. The fourth-order valence-electron chi connectivity index (χ4n) is 7.03. The zero-order valence-corrected chi connectivity index (χ0v) is 12.9. The molecule has 0 amide bonds. The lowest BCUT2D eigenvalue weighted by atomic mass is 9.50. The molecule has 5 fully saturated rings. The van der Waals surface area contributed by atoms with Crippen LogP contribution < -0.4 is 0 Å². The molecule has 1 heterocycles. The second-order valence-electron chi connectivity index (χ2n) is 8.67. The van der Waals surface area contributed by atoms with Crippen molar-refractivity contribution in [2.45, 2.75) is 76.1 Å². The Balaban J connectivity index is 1.46. The molecule has 1 N–H and O–H groups in total. The molecule has 3 nitrogen and oxygen atoms in total. The Morgan fingerprint density at radius 2 is 1.81 bits per heavy atom. The summed E-state index contributed by atoms with van der Waals surface area (Å²) in [6, 6.07) is 0. The van der Waals surface area contributed by atoms with E-state index in [1.807, 2.05) is 0 Å². The van der Waals surface area contributed by atoms with Crippen molar-refractivity contribution >= 4 is 5.78 Å². The topological polar surface area (TPSA) is 49.8 Å². The van der Waals surface area contributed by atoms with Crippen LogP contribution in [0.5, 0.6) is 0 Å². The molecule has 5 rings (SSSR count). The SMILES string of the molecule is C[C@]12CC[C@H]3[C@@H](CC[C@]45O[C@H]4C(=O)CC[C@H]35)[C@@H]1CC[C@@H]2O. The zero-order chi connectivity index (χ0) is 14.4. The second kappa shape index (κ2) is 3.91. The summed E-state index contributed by atoms with van der Waals surface area (Å²) in [4.78, 5) is 12.0. The number of hydrogen-bond donors (Lipinski definition) is 1. The van der Waals surface area contributed by atoms with E-state index in [4.69, 9.17) is 4.74 Å². The first-order valence-electron chi connectivity index (χ1n) is 8.95. The molecule has 4 saturated carbocycles. The first-order valence-corrected chi connectivity index (χ1v) is 8.95. The van der Waals surface area contributed by atoms with Gasteiger partial charge in [-0.05, 0) is 74.0 Å². The summed E-state index contributed by atoms with van der Waals surface area (Å²) in [5.74, 6) is 3.22. The molecular weight excluding hydrogens is 264 g/mol. The standard InChI is InChI=1S/C18H26O3/c1-17-8-6-11-10(12(17)3-5-15(17)20)7-9-18-13(11)2-4-14(19)16(18)21-18/h10-13,15-16,20H,2-9H2,1H3/t10-,11+,12+,13-,15+,16+,17+,18-/m1/s1. The minimum absolute atomic E-state index is 0.0402. The van der Waals surface area contributed by atoms with Crippen molar-refractivity contribution in [1.82, 2.24) is 0 Å². The lowest BCUT2D eigenvalue weighted by Crippen LogP contribution is -2.52. The van der Waals surface area contributed by atoms with Gasteiger partial charge >= 0.3 is 0 Å².